The third-order valence-electron chi connectivity index (χ3n) is 3.33. The summed E-state index contributed by atoms with van der Waals surface area (Å²) in [7, 11) is 2.04. The van der Waals surface area contributed by atoms with Crippen molar-refractivity contribution < 1.29 is 0 Å². The van der Waals surface area contributed by atoms with Crippen molar-refractivity contribution in [3.63, 3.8) is 0 Å². The molecule has 1 nitrogen and oxygen atoms in total. The third-order valence-corrected chi connectivity index (χ3v) is 4.04. The summed E-state index contributed by atoms with van der Waals surface area (Å²) in [5.74, 6) is 0.867. The molecule has 1 aliphatic carbocycles. The standard InChI is InChI=1S/C13H17Cl2N/c1-16-13(9-5-6-9)8-7-10-11(14)3-2-4-12(10)15/h2-4,9,13,16H,5-8H2,1H3. The van der Waals surface area contributed by atoms with E-state index in [1.807, 2.05) is 25.2 Å². The molecule has 1 atom stereocenters. The quantitative estimate of drug-likeness (QED) is 0.843. The normalized spacial score (nSPS) is 17.4. The zero-order valence-corrected chi connectivity index (χ0v) is 11.0. The van der Waals surface area contributed by atoms with Crippen LogP contribution < -0.4 is 5.32 Å². The van der Waals surface area contributed by atoms with Gasteiger partial charge in [-0.2, -0.15) is 0 Å². The van der Waals surface area contributed by atoms with Gasteiger partial charge in [0.2, 0.25) is 0 Å². The lowest BCUT2D eigenvalue weighted by Gasteiger charge is -2.16. The SMILES string of the molecule is CNC(CCc1c(Cl)cccc1Cl)C1CC1. The lowest BCUT2D eigenvalue weighted by Crippen LogP contribution is -2.27. The molecule has 1 aliphatic rings. The van der Waals surface area contributed by atoms with Gasteiger partial charge in [-0.15, -0.1) is 0 Å². The molecule has 1 fully saturated rings. The molecule has 3 heteroatoms. The summed E-state index contributed by atoms with van der Waals surface area (Å²) < 4.78 is 0. The van der Waals surface area contributed by atoms with Crippen LogP contribution in [0.1, 0.15) is 24.8 Å². The van der Waals surface area contributed by atoms with Crippen molar-refractivity contribution in [3.8, 4) is 0 Å². The first-order valence-electron chi connectivity index (χ1n) is 5.82. The molecule has 1 saturated carbocycles. The molecule has 0 heterocycles. The molecule has 16 heavy (non-hydrogen) atoms. The maximum absolute atomic E-state index is 6.15. The first-order valence-corrected chi connectivity index (χ1v) is 6.58. The van der Waals surface area contributed by atoms with E-state index in [-0.39, 0.29) is 0 Å². The van der Waals surface area contributed by atoms with Crippen LogP contribution in [0.5, 0.6) is 0 Å². The molecule has 1 unspecified atom stereocenters. The fourth-order valence-electron chi connectivity index (χ4n) is 2.19. The molecule has 0 spiro atoms. The molecule has 1 N–H and O–H groups in total. The summed E-state index contributed by atoms with van der Waals surface area (Å²) in [5, 5.41) is 4.97. The lowest BCUT2D eigenvalue weighted by molar-refractivity contribution is 0.470. The molecule has 0 radical (unpaired) electrons. The van der Waals surface area contributed by atoms with Gasteiger partial charge in [0, 0.05) is 16.1 Å². The molecule has 88 valence electrons. The van der Waals surface area contributed by atoms with Crippen LogP contribution >= 0.6 is 23.2 Å². The second-order valence-electron chi connectivity index (χ2n) is 4.47. The first kappa shape index (κ1) is 12.2. The average molecular weight is 258 g/mol. The summed E-state index contributed by atoms with van der Waals surface area (Å²) in [6.07, 6.45) is 4.80. The number of hydrogen-bond donors (Lipinski definition) is 1. The predicted octanol–water partition coefficient (Wildman–Crippen LogP) is 3.92. The molecule has 0 aromatic heterocycles. The first-order chi connectivity index (χ1) is 7.72. The Morgan fingerprint density at radius 3 is 2.44 bits per heavy atom. The Morgan fingerprint density at radius 1 is 1.31 bits per heavy atom. The summed E-state index contributed by atoms with van der Waals surface area (Å²) in [5.41, 5.74) is 1.09. The van der Waals surface area contributed by atoms with E-state index in [4.69, 9.17) is 23.2 Å². The van der Waals surface area contributed by atoms with Crippen LogP contribution in [0.4, 0.5) is 0 Å². The number of hydrogen-bond acceptors (Lipinski definition) is 1. The summed E-state index contributed by atoms with van der Waals surface area (Å²) >= 11 is 12.3. The topological polar surface area (TPSA) is 12.0 Å². The van der Waals surface area contributed by atoms with Gasteiger partial charge >= 0.3 is 0 Å². The van der Waals surface area contributed by atoms with E-state index in [1.54, 1.807) is 0 Å². The highest BCUT2D eigenvalue weighted by Crippen LogP contribution is 2.35. The van der Waals surface area contributed by atoms with Gasteiger partial charge in [-0.1, -0.05) is 29.3 Å². The van der Waals surface area contributed by atoms with Crippen molar-refractivity contribution in [2.45, 2.75) is 31.7 Å². The van der Waals surface area contributed by atoms with Crippen molar-refractivity contribution in [1.29, 1.82) is 0 Å². The Hall–Kier alpha value is -0.240. The van der Waals surface area contributed by atoms with E-state index in [0.717, 1.165) is 34.4 Å². The molecular formula is C13H17Cl2N. The van der Waals surface area contributed by atoms with Gasteiger partial charge in [-0.25, -0.2) is 0 Å². The largest absolute Gasteiger partial charge is 0.317 e. The van der Waals surface area contributed by atoms with Crippen molar-refractivity contribution in [2.24, 2.45) is 5.92 Å². The van der Waals surface area contributed by atoms with E-state index >= 15 is 0 Å². The smallest absolute Gasteiger partial charge is 0.0452 e. The van der Waals surface area contributed by atoms with Crippen molar-refractivity contribution in [3.05, 3.63) is 33.8 Å². The predicted molar refractivity (Wildman–Crippen MR) is 70.4 cm³/mol. The molecule has 1 aromatic rings. The molecule has 2 rings (SSSR count). The van der Waals surface area contributed by atoms with E-state index in [0.29, 0.717) is 6.04 Å². The van der Waals surface area contributed by atoms with Crippen molar-refractivity contribution >= 4 is 23.2 Å². The van der Waals surface area contributed by atoms with Crippen LogP contribution in [0.15, 0.2) is 18.2 Å². The fourth-order valence-corrected chi connectivity index (χ4v) is 2.77. The van der Waals surface area contributed by atoms with Gasteiger partial charge in [-0.3, -0.25) is 0 Å². The highest BCUT2D eigenvalue weighted by molar-refractivity contribution is 6.35. The van der Waals surface area contributed by atoms with E-state index < -0.39 is 0 Å². The highest BCUT2D eigenvalue weighted by Gasteiger charge is 2.29. The molecular weight excluding hydrogens is 241 g/mol. The zero-order chi connectivity index (χ0) is 11.5. The van der Waals surface area contributed by atoms with Gasteiger partial charge in [0.15, 0.2) is 0 Å². The molecule has 0 amide bonds. The number of nitrogens with one attached hydrogen (secondary N) is 1. The van der Waals surface area contributed by atoms with Gasteiger partial charge in [0.05, 0.1) is 0 Å². The van der Waals surface area contributed by atoms with Crippen LogP contribution in [0, 0.1) is 5.92 Å². The minimum absolute atomic E-state index is 0.618. The van der Waals surface area contributed by atoms with Gasteiger partial charge in [0.25, 0.3) is 0 Å². The number of rotatable bonds is 5. The summed E-state index contributed by atoms with van der Waals surface area (Å²) in [4.78, 5) is 0. The molecule has 0 saturated heterocycles. The van der Waals surface area contributed by atoms with Crippen molar-refractivity contribution in [1.82, 2.24) is 5.32 Å². The zero-order valence-electron chi connectivity index (χ0n) is 9.47. The van der Waals surface area contributed by atoms with Gasteiger partial charge < -0.3 is 5.32 Å². The maximum Gasteiger partial charge on any atom is 0.0452 e. The second-order valence-corrected chi connectivity index (χ2v) is 5.29. The molecule has 0 aliphatic heterocycles. The maximum atomic E-state index is 6.15. The minimum Gasteiger partial charge on any atom is -0.317 e. The Kier molecular flexibility index (Phi) is 4.12. The average Bonchev–Trinajstić information content (AvgIpc) is 3.07. The van der Waals surface area contributed by atoms with Gasteiger partial charge in [0.1, 0.15) is 0 Å². The second kappa shape index (κ2) is 5.39. The van der Waals surface area contributed by atoms with E-state index in [9.17, 15) is 0 Å². The Morgan fingerprint density at radius 2 is 1.94 bits per heavy atom. The monoisotopic (exact) mass is 257 g/mol. The Balaban J connectivity index is 1.98. The van der Waals surface area contributed by atoms with Crippen LogP contribution in [0.2, 0.25) is 10.0 Å². The van der Waals surface area contributed by atoms with Gasteiger partial charge in [-0.05, 0) is 56.3 Å². The van der Waals surface area contributed by atoms with Crippen molar-refractivity contribution in [2.75, 3.05) is 7.05 Å². The molecule has 0 bridgehead atoms. The third kappa shape index (κ3) is 2.91. The van der Waals surface area contributed by atoms with E-state index in [2.05, 4.69) is 5.32 Å². The Labute approximate surface area is 107 Å². The van der Waals surface area contributed by atoms with Crippen LogP contribution in [0.25, 0.3) is 0 Å². The van der Waals surface area contributed by atoms with Crippen LogP contribution in [-0.2, 0) is 6.42 Å². The number of benzene rings is 1. The van der Waals surface area contributed by atoms with Crippen LogP contribution in [-0.4, -0.2) is 13.1 Å². The summed E-state index contributed by atoms with van der Waals surface area (Å²) in [6, 6.07) is 6.33. The highest BCUT2D eigenvalue weighted by atomic mass is 35.5. The Bertz CT molecular complexity index is 341. The molecule has 1 aromatic carbocycles. The van der Waals surface area contributed by atoms with E-state index in [1.165, 1.54) is 12.8 Å². The fraction of sp³-hybridized carbons (Fsp3) is 0.538. The lowest BCUT2D eigenvalue weighted by atomic mass is 10.0. The number of halogens is 2. The minimum atomic E-state index is 0.618. The van der Waals surface area contributed by atoms with Crippen LogP contribution in [0.3, 0.4) is 0 Å². The summed E-state index contributed by atoms with van der Waals surface area (Å²) in [6.45, 7) is 0.